The van der Waals surface area contributed by atoms with Crippen LogP contribution in [0.15, 0.2) is 42.5 Å². The van der Waals surface area contributed by atoms with Gasteiger partial charge in [0.15, 0.2) is 0 Å². The number of hydrogen-bond donors (Lipinski definition) is 3. The summed E-state index contributed by atoms with van der Waals surface area (Å²) in [5.74, 6) is -0.843. The van der Waals surface area contributed by atoms with Gasteiger partial charge in [-0.15, -0.1) is 0 Å². The van der Waals surface area contributed by atoms with E-state index in [9.17, 15) is 23.9 Å². The number of likely N-dealkylation sites (N-methyl/N-ethyl adjacent to an activating group) is 1. The molecule has 4 atom stereocenters. The first kappa shape index (κ1) is 36.1. The van der Waals surface area contributed by atoms with Crippen molar-refractivity contribution in [2.75, 3.05) is 57.2 Å². The van der Waals surface area contributed by atoms with Crippen LogP contribution in [0.4, 0.5) is 20.6 Å². The molecule has 2 heterocycles. The first-order chi connectivity index (χ1) is 22.5. The molecule has 0 spiro atoms. The SMILES string of the molecule is C[C@H](CO)N1C[C@H](C)[C@H](CN(C)C(=O)Nc2ccc(F)cc2)OCCCC[C@H](C)Oc2ccc(NC(=O)C3CCOCC3)cc2C1=O. The fourth-order valence-electron chi connectivity index (χ4n) is 5.77. The Labute approximate surface area is 276 Å². The second kappa shape index (κ2) is 17.4. The van der Waals surface area contributed by atoms with E-state index in [1.807, 2.05) is 13.8 Å². The van der Waals surface area contributed by atoms with Gasteiger partial charge in [-0.25, -0.2) is 9.18 Å². The van der Waals surface area contributed by atoms with Crippen molar-refractivity contribution in [1.29, 1.82) is 0 Å². The van der Waals surface area contributed by atoms with Crippen LogP contribution in [0.2, 0.25) is 0 Å². The number of carbonyl (C=O) groups is 3. The van der Waals surface area contributed by atoms with Crippen LogP contribution in [0.5, 0.6) is 5.75 Å². The minimum absolute atomic E-state index is 0.113. The van der Waals surface area contributed by atoms with Gasteiger partial charge in [0, 0.05) is 63.2 Å². The number of benzene rings is 2. The van der Waals surface area contributed by atoms with Gasteiger partial charge in [0.05, 0.1) is 30.4 Å². The third-order valence-electron chi connectivity index (χ3n) is 8.81. The Balaban J connectivity index is 1.57. The number of amides is 4. The van der Waals surface area contributed by atoms with Gasteiger partial charge in [-0.05, 0) is 88.4 Å². The second-order valence-corrected chi connectivity index (χ2v) is 12.7. The molecular formula is C35H49FN4O7. The Morgan fingerprint density at radius 1 is 1.02 bits per heavy atom. The van der Waals surface area contributed by atoms with Crippen molar-refractivity contribution in [1.82, 2.24) is 9.80 Å². The molecule has 12 heteroatoms. The Morgan fingerprint density at radius 3 is 2.43 bits per heavy atom. The van der Waals surface area contributed by atoms with Crippen LogP contribution < -0.4 is 15.4 Å². The number of carbonyl (C=O) groups excluding carboxylic acids is 3. The van der Waals surface area contributed by atoms with E-state index in [1.54, 1.807) is 37.1 Å². The quantitative estimate of drug-likeness (QED) is 0.376. The van der Waals surface area contributed by atoms with Crippen molar-refractivity contribution in [2.24, 2.45) is 11.8 Å². The van der Waals surface area contributed by atoms with Gasteiger partial charge in [0.1, 0.15) is 11.6 Å². The number of rotatable bonds is 7. The molecule has 4 amide bonds. The molecule has 0 radical (unpaired) electrons. The van der Waals surface area contributed by atoms with Crippen molar-refractivity contribution in [3.63, 3.8) is 0 Å². The molecule has 4 rings (SSSR count). The summed E-state index contributed by atoms with van der Waals surface area (Å²) in [6, 6.07) is 9.75. The van der Waals surface area contributed by atoms with Crippen LogP contribution in [-0.2, 0) is 14.3 Å². The van der Waals surface area contributed by atoms with E-state index in [2.05, 4.69) is 10.6 Å². The van der Waals surface area contributed by atoms with Crippen LogP contribution in [0.25, 0.3) is 0 Å². The number of fused-ring (bicyclic) bond motifs is 1. The van der Waals surface area contributed by atoms with Gasteiger partial charge >= 0.3 is 6.03 Å². The smallest absolute Gasteiger partial charge is 0.321 e. The molecule has 1 saturated heterocycles. The summed E-state index contributed by atoms with van der Waals surface area (Å²) in [4.78, 5) is 43.5. The minimum Gasteiger partial charge on any atom is -0.490 e. The van der Waals surface area contributed by atoms with Crippen molar-refractivity contribution in [2.45, 2.75) is 71.1 Å². The fraction of sp³-hybridized carbons (Fsp3) is 0.571. The maximum atomic E-state index is 14.3. The molecular weight excluding hydrogens is 607 g/mol. The van der Waals surface area contributed by atoms with Crippen molar-refractivity contribution >= 4 is 29.2 Å². The first-order valence-corrected chi connectivity index (χ1v) is 16.6. The summed E-state index contributed by atoms with van der Waals surface area (Å²) in [5, 5.41) is 15.9. The highest BCUT2D eigenvalue weighted by molar-refractivity contribution is 6.00. The summed E-state index contributed by atoms with van der Waals surface area (Å²) in [5.41, 5.74) is 1.25. The zero-order chi connectivity index (χ0) is 33.9. The molecule has 2 aliphatic rings. The zero-order valence-electron chi connectivity index (χ0n) is 27.9. The van der Waals surface area contributed by atoms with E-state index in [1.165, 1.54) is 29.2 Å². The third kappa shape index (κ3) is 10.4. The average molecular weight is 657 g/mol. The number of anilines is 2. The lowest BCUT2D eigenvalue weighted by molar-refractivity contribution is -0.122. The van der Waals surface area contributed by atoms with Crippen LogP contribution in [0.1, 0.15) is 63.2 Å². The third-order valence-corrected chi connectivity index (χ3v) is 8.81. The number of halogens is 1. The molecule has 2 aromatic rings. The minimum atomic E-state index is -0.538. The summed E-state index contributed by atoms with van der Waals surface area (Å²) >= 11 is 0. The number of urea groups is 1. The van der Waals surface area contributed by atoms with Gasteiger partial charge in [0.25, 0.3) is 5.91 Å². The normalized spacial score (nSPS) is 22.3. The van der Waals surface area contributed by atoms with Crippen molar-refractivity contribution in [3.05, 3.63) is 53.8 Å². The summed E-state index contributed by atoms with van der Waals surface area (Å²) < 4.78 is 31.4. The largest absolute Gasteiger partial charge is 0.490 e. The Morgan fingerprint density at radius 2 is 1.72 bits per heavy atom. The molecule has 0 bridgehead atoms. The summed E-state index contributed by atoms with van der Waals surface area (Å²) in [7, 11) is 1.66. The highest BCUT2D eigenvalue weighted by atomic mass is 19.1. The van der Waals surface area contributed by atoms with Gasteiger partial charge < -0.3 is 39.8 Å². The van der Waals surface area contributed by atoms with Crippen molar-refractivity contribution < 1.29 is 38.1 Å². The monoisotopic (exact) mass is 656 g/mol. The molecule has 0 saturated carbocycles. The number of nitrogens with zero attached hydrogens (tertiary/aromatic N) is 2. The molecule has 2 aromatic carbocycles. The molecule has 3 N–H and O–H groups in total. The second-order valence-electron chi connectivity index (χ2n) is 12.7. The number of ether oxygens (including phenoxy) is 3. The number of aliphatic hydroxyl groups is 1. The molecule has 11 nitrogen and oxygen atoms in total. The molecule has 2 aliphatic heterocycles. The lowest BCUT2D eigenvalue weighted by Crippen LogP contribution is -2.48. The first-order valence-electron chi connectivity index (χ1n) is 16.6. The molecule has 0 unspecified atom stereocenters. The van der Waals surface area contributed by atoms with E-state index in [4.69, 9.17) is 14.2 Å². The van der Waals surface area contributed by atoms with E-state index >= 15 is 0 Å². The van der Waals surface area contributed by atoms with E-state index < -0.39 is 18.0 Å². The standard InChI is InChI=1S/C35H49FN4O7/c1-23-20-40(24(2)22-41)34(43)30-19-29(37-33(42)26-14-17-45-18-15-26)12-13-31(30)47-25(3)7-5-6-16-46-32(23)21-39(4)35(44)38-28-10-8-27(36)9-11-28/h8-13,19,23-26,32,41H,5-7,14-18,20-22H2,1-4H3,(H,37,42)(H,38,44)/t23-,24+,25-,32-/m0/s1. The van der Waals surface area contributed by atoms with Gasteiger partial charge in [-0.1, -0.05) is 6.92 Å². The lowest BCUT2D eigenvalue weighted by atomic mass is 9.99. The average Bonchev–Trinajstić information content (AvgIpc) is 3.07. The van der Waals surface area contributed by atoms with Crippen LogP contribution in [0, 0.1) is 17.7 Å². The van der Waals surface area contributed by atoms with Gasteiger partial charge in [-0.2, -0.15) is 0 Å². The molecule has 1 fully saturated rings. The molecule has 258 valence electrons. The van der Waals surface area contributed by atoms with E-state index in [0.29, 0.717) is 55.4 Å². The number of nitrogens with one attached hydrogen (secondary N) is 2. The summed E-state index contributed by atoms with van der Waals surface area (Å²) in [6.07, 6.45) is 3.01. The van der Waals surface area contributed by atoms with Crippen molar-refractivity contribution in [3.8, 4) is 5.75 Å². The highest BCUT2D eigenvalue weighted by Gasteiger charge is 2.31. The number of hydrogen-bond acceptors (Lipinski definition) is 7. The molecule has 0 aromatic heterocycles. The Kier molecular flexibility index (Phi) is 13.4. The molecule has 47 heavy (non-hydrogen) atoms. The van der Waals surface area contributed by atoms with Gasteiger partial charge in [0.2, 0.25) is 5.91 Å². The lowest BCUT2D eigenvalue weighted by Gasteiger charge is -2.35. The van der Waals surface area contributed by atoms with E-state index in [-0.39, 0.29) is 55.5 Å². The van der Waals surface area contributed by atoms with Crippen LogP contribution in [0.3, 0.4) is 0 Å². The van der Waals surface area contributed by atoms with E-state index in [0.717, 1.165) is 19.3 Å². The number of aliphatic hydroxyl groups excluding tert-OH is 1. The maximum Gasteiger partial charge on any atom is 0.321 e. The zero-order valence-corrected chi connectivity index (χ0v) is 27.9. The Hall–Kier alpha value is -3.74. The molecule has 0 aliphatic carbocycles. The highest BCUT2D eigenvalue weighted by Crippen LogP contribution is 2.29. The predicted octanol–water partition coefficient (Wildman–Crippen LogP) is 5.15. The van der Waals surface area contributed by atoms with Crippen LogP contribution in [-0.4, -0.2) is 97.6 Å². The topological polar surface area (TPSA) is 130 Å². The van der Waals surface area contributed by atoms with Crippen LogP contribution >= 0.6 is 0 Å². The predicted molar refractivity (Wildman–Crippen MR) is 177 cm³/mol. The van der Waals surface area contributed by atoms with Gasteiger partial charge in [-0.3, -0.25) is 9.59 Å². The summed E-state index contributed by atoms with van der Waals surface area (Å²) in [6.45, 7) is 7.42. The fourth-order valence-corrected chi connectivity index (χ4v) is 5.77. The Bertz CT molecular complexity index is 1340. The maximum absolute atomic E-state index is 14.3.